The summed E-state index contributed by atoms with van der Waals surface area (Å²) >= 11 is 5.92. The summed E-state index contributed by atoms with van der Waals surface area (Å²) in [5.74, 6) is 0.831. The van der Waals surface area contributed by atoms with E-state index in [0.29, 0.717) is 35.3 Å². The molecule has 0 saturated heterocycles. The standard InChI is InChI=1S/C24H25ClN2O3/c1-2-29-23-14-18(13-19(15-26)24(28)27-21-5-3-4-6-21)9-12-22(23)30-16-17-7-10-20(25)11-8-17/h7-14,21H,2-6,16H2,1H3,(H,27,28)/b19-13-. The van der Waals surface area contributed by atoms with E-state index >= 15 is 0 Å². The summed E-state index contributed by atoms with van der Waals surface area (Å²) in [6.07, 6.45) is 5.75. The number of ether oxygens (including phenoxy) is 2. The Morgan fingerprint density at radius 3 is 2.57 bits per heavy atom. The van der Waals surface area contributed by atoms with E-state index in [1.54, 1.807) is 24.3 Å². The first-order valence-corrected chi connectivity index (χ1v) is 10.5. The van der Waals surface area contributed by atoms with Crippen LogP contribution in [0.15, 0.2) is 48.0 Å². The minimum absolute atomic E-state index is 0.0826. The first-order valence-electron chi connectivity index (χ1n) is 10.2. The molecule has 2 aromatic carbocycles. The van der Waals surface area contributed by atoms with Gasteiger partial charge in [-0.25, -0.2) is 0 Å². The molecule has 1 aliphatic rings. The van der Waals surface area contributed by atoms with Crippen LogP contribution in [-0.4, -0.2) is 18.6 Å². The van der Waals surface area contributed by atoms with Gasteiger partial charge in [0.2, 0.25) is 0 Å². The van der Waals surface area contributed by atoms with Crippen LogP contribution in [0, 0.1) is 11.3 Å². The zero-order valence-electron chi connectivity index (χ0n) is 17.0. The van der Waals surface area contributed by atoms with Crippen LogP contribution in [-0.2, 0) is 11.4 Å². The smallest absolute Gasteiger partial charge is 0.262 e. The molecule has 1 amide bonds. The number of nitrogens with one attached hydrogen (secondary N) is 1. The van der Waals surface area contributed by atoms with Gasteiger partial charge in [-0.1, -0.05) is 42.6 Å². The maximum atomic E-state index is 12.4. The highest BCUT2D eigenvalue weighted by molar-refractivity contribution is 6.30. The normalized spacial score (nSPS) is 14.2. The van der Waals surface area contributed by atoms with Crippen LogP contribution in [0.4, 0.5) is 0 Å². The fourth-order valence-corrected chi connectivity index (χ4v) is 3.52. The molecular weight excluding hydrogens is 400 g/mol. The van der Waals surface area contributed by atoms with Crippen molar-refractivity contribution >= 4 is 23.6 Å². The molecule has 0 bridgehead atoms. The van der Waals surface area contributed by atoms with E-state index in [2.05, 4.69) is 5.32 Å². The SMILES string of the molecule is CCOc1cc(/C=C(/C#N)C(=O)NC2CCCC2)ccc1OCc1ccc(Cl)cc1. The number of halogens is 1. The molecule has 1 N–H and O–H groups in total. The van der Waals surface area contributed by atoms with Crippen molar-refractivity contribution in [2.24, 2.45) is 0 Å². The van der Waals surface area contributed by atoms with Crippen LogP contribution in [0.2, 0.25) is 5.02 Å². The summed E-state index contributed by atoms with van der Waals surface area (Å²) in [6.45, 7) is 2.73. The molecule has 0 atom stereocenters. The van der Waals surface area contributed by atoms with E-state index in [-0.39, 0.29) is 17.5 Å². The molecule has 156 valence electrons. The number of nitriles is 1. The summed E-state index contributed by atoms with van der Waals surface area (Å²) in [6, 6.07) is 15.0. The van der Waals surface area contributed by atoms with Crippen molar-refractivity contribution in [1.29, 1.82) is 5.26 Å². The van der Waals surface area contributed by atoms with Crippen LogP contribution >= 0.6 is 11.6 Å². The fraction of sp³-hybridized carbons (Fsp3) is 0.333. The minimum atomic E-state index is -0.328. The summed E-state index contributed by atoms with van der Waals surface area (Å²) in [5, 5.41) is 13.1. The second-order valence-electron chi connectivity index (χ2n) is 7.18. The average molecular weight is 425 g/mol. The molecule has 1 aliphatic carbocycles. The van der Waals surface area contributed by atoms with Gasteiger partial charge in [-0.2, -0.15) is 5.26 Å². The van der Waals surface area contributed by atoms with Crippen molar-refractivity contribution in [3.8, 4) is 17.6 Å². The molecule has 2 aromatic rings. The van der Waals surface area contributed by atoms with Gasteiger partial charge < -0.3 is 14.8 Å². The lowest BCUT2D eigenvalue weighted by Gasteiger charge is -2.13. The summed E-state index contributed by atoms with van der Waals surface area (Å²) in [7, 11) is 0. The Hall–Kier alpha value is -2.97. The number of carbonyl (C=O) groups excluding carboxylic acids is 1. The predicted molar refractivity (Wildman–Crippen MR) is 117 cm³/mol. The molecule has 0 unspecified atom stereocenters. The Bertz CT molecular complexity index is 942. The maximum absolute atomic E-state index is 12.4. The zero-order chi connectivity index (χ0) is 21.3. The van der Waals surface area contributed by atoms with E-state index in [1.165, 1.54) is 0 Å². The Morgan fingerprint density at radius 1 is 1.17 bits per heavy atom. The fourth-order valence-electron chi connectivity index (χ4n) is 3.39. The van der Waals surface area contributed by atoms with Crippen molar-refractivity contribution < 1.29 is 14.3 Å². The third-order valence-electron chi connectivity index (χ3n) is 4.94. The van der Waals surface area contributed by atoms with Crippen molar-refractivity contribution in [2.75, 3.05) is 6.61 Å². The highest BCUT2D eigenvalue weighted by Crippen LogP contribution is 2.30. The molecule has 0 aliphatic heterocycles. The van der Waals surface area contributed by atoms with Crippen molar-refractivity contribution in [2.45, 2.75) is 45.3 Å². The van der Waals surface area contributed by atoms with E-state index in [0.717, 1.165) is 31.2 Å². The van der Waals surface area contributed by atoms with E-state index < -0.39 is 0 Å². The van der Waals surface area contributed by atoms with Crippen LogP contribution < -0.4 is 14.8 Å². The van der Waals surface area contributed by atoms with Gasteiger partial charge in [0.15, 0.2) is 11.5 Å². The summed E-state index contributed by atoms with van der Waals surface area (Å²) in [4.78, 5) is 12.4. The van der Waals surface area contributed by atoms with Gasteiger partial charge in [0.05, 0.1) is 6.61 Å². The van der Waals surface area contributed by atoms with Gasteiger partial charge >= 0.3 is 0 Å². The maximum Gasteiger partial charge on any atom is 0.262 e. The van der Waals surface area contributed by atoms with E-state index in [4.69, 9.17) is 21.1 Å². The molecule has 3 rings (SSSR count). The third-order valence-corrected chi connectivity index (χ3v) is 5.19. The van der Waals surface area contributed by atoms with E-state index in [9.17, 15) is 10.1 Å². The lowest BCUT2D eigenvalue weighted by atomic mass is 10.1. The first kappa shape index (κ1) is 21.7. The van der Waals surface area contributed by atoms with Crippen LogP contribution in [0.3, 0.4) is 0 Å². The Kier molecular flexibility index (Phi) is 7.75. The van der Waals surface area contributed by atoms with Gasteiger partial charge in [0, 0.05) is 11.1 Å². The minimum Gasteiger partial charge on any atom is -0.490 e. The van der Waals surface area contributed by atoms with Gasteiger partial charge in [-0.05, 0) is 61.2 Å². The number of hydrogen-bond donors (Lipinski definition) is 1. The van der Waals surface area contributed by atoms with Crippen LogP contribution in [0.5, 0.6) is 11.5 Å². The number of carbonyl (C=O) groups is 1. The lowest BCUT2D eigenvalue weighted by Crippen LogP contribution is -2.33. The van der Waals surface area contributed by atoms with Gasteiger partial charge in [0.25, 0.3) is 5.91 Å². The number of rotatable bonds is 8. The molecule has 0 spiro atoms. The number of nitrogens with zero attached hydrogens (tertiary/aromatic N) is 1. The largest absolute Gasteiger partial charge is 0.490 e. The van der Waals surface area contributed by atoms with Crippen molar-refractivity contribution in [3.63, 3.8) is 0 Å². The third kappa shape index (κ3) is 6.01. The van der Waals surface area contributed by atoms with E-state index in [1.807, 2.05) is 37.3 Å². The highest BCUT2D eigenvalue weighted by Gasteiger charge is 2.19. The molecule has 30 heavy (non-hydrogen) atoms. The predicted octanol–water partition coefficient (Wildman–Crippen LogP) is 5.28. The Morgan fingerprint density at radius 2 is 1.90 bits per heavy atom. The second kappa shape index (κ2) is 10.7. The van der Waals surface area contributed by atoms with Crippen LogP contribution in [0.25, 0.3) is 6.08 Å². The quantitative estimate of drug-likeness (QED) is 0.462. The first-order chi connectivity index (χ1) is 14.6. The second-order valence-corrected chi connectivity index (χ2v) is 7.62. The Balaban J connectivity index is 1.73. The molecule has 1 fully saturated rings. The topological polar surface area (TPSA) is 71.3 Å². The van der Waals surface area contributed by atoms with Gasteiger partial charge in [-0.3, -0.25) is 4.79 Å². The molecule has 5 nitrogen and oxygen atoms in total. The van der Waals surface area contributed by atoms with Crippen LogP contribution in [0.1, 0.15) is 43.7 Å². The molecule has 0 radical (unpaired) electrons. The molecular formula is C24H25ClN2O3. The summed E-state index contributed by atoms with van der Waals surface area (Å²) < 4.78 is 11.6. The van der Waals surface area contributed by atoms with Crippen molar-refractivity contribution in [3.05, 3.63) is 64.2 Å². The zero-order valence-corrected chi connectivity index (χ0v) is 17.7. The van der Waals surface area contributed by atoms with Crippen molar-refractivity contribution in [1.82, 2.24) is 5.32 Å². The number of amides is 1. The average Bonchev–Trinajstić information content (AvgIpc) is 3.25. The molecule has 0 aromatic heterocycles. The lowest BCUT2D eigenvalue weighted by molar-refractivity contribution is -0.117. The molecule has 6 heteroatoms. The van der Waals surface area contributed by atoms with Gasteiger partial charge in [0.1, 0.15) is 18.2 Å². The highest BCUT2D eigenvalue weighted by atomic mass is 35.5. The Labute approximate surface area is 182 Å². The molecule has 0 heterocycles. The number of benzene rings is 2. The van der Waals surface area contributed by atoms with Gasteiger partial charge in [-0.15, -0.1) is 0 Å². The number of hydrogen-bond acceptors (Lipinski definition) is 4. The molecule has 1 saturated carbocycles. The summed E-state index contributed by atoms with van der Waals surface area (Å²) in [5.41, 5.74) is 1.77. The monoisotopic (exact) mass is 424 g/mol.